The van der Waals surface area contributed by atoms with Crippen molar-refractivity contribution in [2.75, 3.05) is 26.2 Å². The zero-order valence-electron chi connectivity index (χ0n) is 45.5. The second kappa shape index (κ2) is 30.5. The number of rotatable bonds is 31. The number of carbonyl (C=O) groups is 7. The second-order valence-corrected chi connectivity index (χ2v) is 21.5. The third kappa shape index (κ3) is 21.7. The van der Waals surface area contributed by atoms with Crippen LogP contribution in [0.3, 0.4) is 0 Å². The van der Waals surface area contributed by atoms with E-state index >= 15 is 0 Å². The molecule has 0 spiro atoms. The first-order valence-corrected chi connectivity index (χ1v) is 26.7. The molecule has 0 bridgehead atoms. The van der Waals surface area contributed by atoms with E-state index in [9.17, 15) is 33.6 Å². The SMILES string of the molecule is CCCCCCCCCCCC(CC(=O)OC(C)(C)C)OC(=O)CN(CCCC)C(=O)CN(CCCC)C(=O)[C@H](CC(=O)OC(C)(C)C)NC(=O)[C@@H](NC(=O)OC1c2ccccc2-c2ccccc21)C(C)C. The smallest absolute Gasteiger partial charge is 0.408 e. The molecule has 0 radical (unpaired) electrons. The molecule has 0 aromatic heterocycles. The summed E-state index contributed by atoms with van der Waals surface area (Å²) < 4.78 is 23.1. The van der Waals surface area contributed by atoms with Gasteiger partial charge in [0.25, 0.3) is 0 Å². The monoisotopic (exact) mass is 1000 g/mol. The Kier molecular flexibility index (Phi) is 25.8. The lowest BCUT2D eigenvalue weighted by Crippen LogP contribution is -2.57. The number of hydrogen-bond donors (Lipinski definition) is 2. The van der Waals surface area contributed by atoms with E-state index in [4.69, 9.17) is 18.9 Å². The zero-order chi connectivity index (χ0) is 53.4. The lowest BCUT2D eigenvalue weighted by atomic mass is 10.0. The Hall–Kier alpha value is -5.47. The molecule has 1 aliphatic carbocycles. The summed E-state index contributed by atoms with van der Waals surface area (Å²) in [5.41, 5.74) is 1.86. The Balaban J connectivity index is 1.81. The largest absolute Gasteiger partial charge is 0.460 e. The van der Waals surface area contributed by atoms with Gasteiger partial charge in [-0.2, -0.15) is 0 Å². The molecule has 2 aromatic carbocycles. The number of amides is 4. The van der Waals surface area contributed by atoms with Crippen molar-refractivity contribution in [2.24, 2.45) is 5.92 Å². The highest BCUT2D eigenvalue weighted by molar-refractivity contribution is 5.95. The summed E-state index contributed by atoms with van der Waals surface area (Å²) >= 11 is 0. The Morgan fingerprint density at radius 1 is 0.583 bits per heavy atom. The molecule has 0 fully saturated rings. The van der Waals surface area contributed by atoms with E-state index in [0.717, 1.165) is 47.9 Å². The maximum absolute atomic E-state index is 14.7. The highest BCUT2D eigenvalue weighted by Crippen LogP contribution is 2.45. The zero-order valence-corrected chi connectivity index (χ0v) is 45.5. The third-order valence-electron chi connectivity index (χ3n) is 12.2. The number of fused-ring (bicyclic) bond motifs is 3. The van der Waals surface area contributed by atoms with Gasteiger partial charge < -0.3 is 39.4 Å². The Morgan fingerprint density at radius 2 is 1.07 bits per heavy atom. The van der Waals surface area contributed by atoms with Gasteiger partial charge in [0.05, 0.1) is 19.4 Å². The minimum Gasteiger partial charge on any atom is -0.460 e. The molecule has 0 heterocycles. The molecule has 3 atom stereocenters. The maximum atomic E-state index is 14.7. The summed E-state index contributed by atoms with van der Waals surface area (Å²) in [6, 6.07) is 12.6. The summed E-state index contributed by atoms with van der Waals surface area (Å²) in [4.78, 5) is 99.7. The van der Waals surface area contributed by atoms with Crippen molar-refractivity contribution in [3.63, 3.8) is 0 Å². The van der Waals surface area contributed by atoms with Crippen LogP contribution in [0.1, 0.15) is 196 Å². The van der Waals surface area contributed by atoms with Gasteiger partial charge in [0.1, 0.15) is 35.9 Å². The fourth-order valence-electron chi connectivity index (χ4n) is 8.62. The molecular weight excluding hydrogens is 917 g/mol. The van der Waals surface area contributed by atoms with Gasteiger partial charge in [-0.1, -0.05) is 147 Å². The van der Waals surface area contributed by atoms with E-state index in [0.29, 0.717) is 32.1 Å². The van der Waals surface area contributed by atoms with Crippen molar-refractivity contribution in [1.82, 2.24) is 20.4 Å². The van der Waals surface area contributed by atoms with Gasteiger partial charge >= 0.3 is 24.0 Å². The molecule has 15 heteroatoms. The maximum Gasteiger partial charge on any atom is 0.408 e. The third-order valence-corrected chi connectivity index (χ3v) is 12.2. The fraction of sp³-hybridized carbons (Fsp3) is 0.667. The van der Waals surface area contributed by atoms with Gasteiger partial charge in [-0.05, 0) is 84.3 Å². The molecule has 402 valence electrons. The van der Waals surface area contributed by atoms with E-state index in [2.05, 4.69) is 17.6 Å². The van der Waals surface area contributed by atoms with Crippen LogP contribution in [0.5, 0.6) is 0 Å². The van der Waals surface area contributed by atoms with E-state index in [1.165, 1.54) is 41.9 Å². The van der Waals surface area contributed by atoms with Crippen molar-refractivity contribution in [1.29, 1.82) is 0 Å². The summed E-state index contributed by atoms with van der Waals surface area (Å²) in [6.45, 7) is 19.4. The lowest BCUT2D eigenvalue weighted by molar-refractivity contribution is -0.164. The molecule has 2 aromatic rings. The molecular formula is C57H88N4O11. The number of hydrogen-bond acceptors (Lipinski definition) is 11. The van der Waals surface area contributed by atoms with E-state index in [1.54, 1.807) is 55.4 Å². The van der Waals surface area contributed by atoms with Crippen molar-refractivity contribution < 1.29 is 52.5 Å². The van der Waals surface area contributed by atoms with E-state index in [-0.39, 0.29) is 19.5 Å². The lowest BCUT2D eigenvalue weighted by Gasteiger charge is -2.31. The number of alkyl carbamates (subject to hydrolysis) is 1. The standard InChI is InChI=1S/C57H88N4O11/c1-12-15-18-19-20-21-22-23-24-29-41(36-48(63)71-56(6,7)8)69-50(65)39-60(34-16-13-2)47(62)38-61(35-17-14-3)54(67)46(37-49(64)72-57(9,10)11)58-53(66)51(40(4)5)59-55(68)70-52-44-32-27-25-30-42(44)43-31-26-28-33-45(43)52/h25-28,30-33,40-41,46,51-52H,12-24,29,34-39H2,1-11H3,(H,58,66)(H,59,68)/t41?,46-,51-/m0/s1. The highest BCUT2D eigenvalue weighted by atomic mass is 16.6. The predicted octanol–water partition coefficient (Wildman–Crippen LogP) is 10.5. The number of nitrogens with one attached hydrogen (secondary N) is 2. The molecule has 3 rings (SSSR count). The van der Waals surface area contributed by atoms with Crippen LogP contribution >= 0.6 is 0 Å². The Bertz CT molecular complexity index is 2010. The first kappa shape index (κ1) is 60.8. The number of esters is 3. The van der Waals surface area contributed by atoms with Gasteiger partial charge in [-0.25, -0.2) is 4.79 Å². The highest BCUT2D eigenvalue weighted by Gasteiger charge is 2.37. The van der Waals surface area contributed by atoms with Crippen LogP contribution in [0.15, 0.2) is 48.5 Å². The summed E-state index contributed by atoms with van der Waals surface area (Å²) in [6.07, 6.45) is 9.83. The molecule has 0 saturated heterocycles. The molecule has 4 amide bonds. The summed E-state index contributed by atoms with van der Waals surface area (Å²) in [5.74, 6) is -4.40. The molecule has 15 nitrogen and oxygen atoms in total. The fourth-order valence-corrected chi connectivity index (χ4v) is 8.62. The second-order valence-electron chi connectivity index (χ2n) is 21.5. The topological polar surface area (TPSA) is 187 Å². The van der Waals surface area contributed by atoms with Gasteiger partial charge in [0.15, 0.2) is 6.10 Å². The van der Waals surface area contributed by atoms with Crippen LogP contribution < -0.4 is 10.6 Å². The minimum atomic E-state index is -1.49. The molecule has 2 N–H and O–H groups in total. The van der Waals surface area contributed by atoms with Gasteiger partial charge in [-0.3, -0.25) is 28.8 Å². The summed E-state index contributed by atoms with van der Waals surface area (Å²) in [7, 11) is 0. The van der Waals surface area contributed by atoms with Crippen molar-refractivity contribution in [3.8, 4) is 11.1 Å². The van der Waals surface area contributed by atoms with Crippen molar-refractivity contribution in [3.05, 3.63) is 59.7 Å². The predicted molar refractivity (Wildman–Crippen MR) is 280 cm³/mol. The molecule has 1 aliphatic rings. The Labute approximate surface area is 430 Å². The van der Waals surface area contributed by atoms with Crippen LogP contribution in [0.4, 0.5) is 4.79 Å². The van der Waals surface area contributed by atoms with E-state index in [1.807, 2.05) is 62.4 Å². The number of ether oxygens (including phenoxy) is 4. The minimum absolute atomic E-state index is 0.104. The first-order valence-electron chi connectivity index (χ1n) is 26.7. The van der Waals surface area contributed by atoms with Crippen LogP contribution in [-0.2, 0) is 47.7 Å². The van der Waals surface area contributed by atoms with Crippen LogP contribution in [0, 0.1) is 5.92 Å². The molecule has 0 saturated carbocycles. The van der Waals surface area contributed by atoms with Crippen LogP contribution in [0.2, 0.25) is 0 Å². The first-order chi connectivity index (χ1) is 34.1. The van der Waals surface area contributed by atoms with Gasteiger partial charge in [0, 0.05) is 24.2 Å². The summed E-state index contributed by atoms with van der Waals surface area (Å²) in [5, 5.41) is 5.43. The van der Waals surface area contributed by atoms with Crippen LogP contribution in [0.25, 0.3) is 11.1 Å². The van der Waals surface area contributed by atoms with Gasteiger partial charge in [0.2, 0.25) is 17.7 Å². The number of carbonyl (C=O) groups excluding carboxylic acids is 7. The number of benzene rings is 2. The molecule has 0 aliphatic heterocycles. The average molecular weight is 1010 g/mol. The quantitative estimate of drug-likeness (QED) is 0.0416. The van der Waals surface area contributed by atoms with Crippen molar-refractivity contribution >= 4 is 41.7 Å². The van der Waals surface area contributed by atoms with Crippen LogP contribution in [-0.4, -0.2) is 107 Å². The number of nitrogens with zero attached hydrogens (tertiary/aromatic N) is 2. The molecule has 1 unspecified atom stereocenters. The number of unbranched alkanes of at least 4 members (excludes halogenated alkanes) is 10. The average Bonchev–Trinajstić information content (AvgIpc) is 3.61. The Morgan fingerprint density at radius 3 is 1.58 bits per heavy atom. The molecule has 72 heavy (non-hydrogen) atoms. The van der Waals surface area contributed by atoms with Crippen molar-refractivity contribution in [2.45, 2.75) is 214 Å². The van der Waals surface area contributed by atoms with E-state index < -0.39 is 103 Å². The van der Waals surface area contributed by atoms with Gasteiger partial charge in [-0.15, -0.1) is 0 Å². The normalized spacial score (nSPS) is 13.5.